The standard InChI is InChI=1S/C22H25F3N4O2S/c1-16-4-2-5-18(12-16)27-20(30)14-32-15-21(31)29-9-3-8-28(10-11-29)19-7-6-17(13-26-19)22(23,24)25/h2,4-7,12-13H,3,8-11,14-15H2,1H3,(H,27,30). The molecule has 1 N–H and O–H groups in total. The first-order valence-electron chi connectivity index (χ1n) is 10.2. The van der Waals surface area contributed by atoms with Gasteiger partial charge in [-0.25, -0.2) is 4.98 Å². The van der Waals surface area contributed by atoms with Gasteiger partial charge in [0, 0.05) is 38.1 Å². The first-order chi connectivity index (χ1) is 15.2. The van der Waals surface area contributed by atoms with Gasteiger partial charge in [-0.3, -0.25) is 9.59 Å². The largest absolute Gasteiger partial charge is 0.417 e. The number of nitrogens with zero attached hydrogens (tertiary/aromatic N) is 3. The summed E-state index contributed by atoms with van der Waals surface area (Å²) in [6, 6.07) is 9.89. The lowest BCUT2D eigenvalue weighted by Gasteiger charge is -2.23. The van der Waals surface area contributed by atoms with Crippen LogP contribution in [0.15, 0.2) is 42.6 Å². The lowest BCUT2D eigenvalue weighted by Crippen LogP contribution is -2.36. The number of hydrogen-bond donors (Lipinski definition) is 1. The van der Waals surface area contributed by atoms with E-state index in [-0.39, 0.29) is 23.3 Å². The first-order valence-corrected chi connectivity index (χ1v) is 11.4. The summed E-state index contributed by atoms with van der Waals surface area (Å²) in [6.45, 7) is 4.05. The van der Waals surface area contributed by atoms with Gasteiger partial charge < -0.3 is 15.1 Å². The summed E-state index contributed by atoms with van der Waals surface area (Å²) in [5.74, 6) is 0.619. The molecule has 1 fully saturated rings. The Morgan fingerprint density at radius 3 is 2.59 bits per heavy atom. The first kappa shape index (κ1) is 23.9. The maximum Gasteiger partial charge on any atom is 0.417 e. The van der Waals surface area contributed by atoms with Crippen LogP contribution in [0, 0.1) is 6.92 Å². The van der Waals surface area contributed by atoms with Crippen LogP contribution in [-0.4, -0.2) is 59.4 Å². The zero-order valence-electron chi connectivity index (χ0n) is 17.7. The Labute approximate surface area is 189 Å². The number of carbonyl (C=O) groups is 2. The van der Waals surface area contributed by atoms with Gasteiger partial charge in [0.15, 0.2) is 0 Å². The number of alkyl halides is 3. The van der Waals surface area contributed by atoms with Crippen molar-refractivity contribution in [2.24, 2.45) is 0 Å². The molecule has 0 bridgehead atoms. The number of anilines is 2. The third-order valence-electron chi connectivity index (χ3n) is 5.01. The van der Waals surface area contributed by atoms with Crippen molar-refractivity contribution in [3.05, 3.63) is 53.7 Å². The molecule has 3 rings (SSSR count). The fourth-order valence-corrected chi connectivity index (χ4v) is 4.10. The molecule has 0 saturated carbocycles. The molecule has 0 spiro atoms. The molecule has 1 aromatic carbocycles. The van der Waals surface area contributed by atoms with Crippen molar-refractivity contribution in [3.63, 3.8) is 0 Å². The normalized spacial score (nSPS) is 14.8. The van der Waals surface area contributed by atoms with E-state index in [0.29, 0.717) is 38.4 Å². The quantitative estimate of drug-likeness (QED) is 0.701. The molecule has 32 heavy (non-hydrogen) atoms. The summed E-state index contributed by atoms with van der Waals surface area (Å²) in [6.07, 6.45) is -2.89. The predicted octanol–water partition coefficient (Wildman–Crippen LogP) is 3.82. The Bertz CT molecular complexity index is 938. The Kier molecular flexibility index (Phi) is 8.00. The lowest BCUT2D eigenvalue weighted by atomic mass is 10.2. The number of pyridine rings is 1. The lowest BCUT2D eigenvalue weighted by molar-refractivity contribution is -0.137. The number of aromatic nitrogens is 1. The van der Waals surface area contributed by atoms with Crippen LogP contribution in [0.25, 0.3) is 0 Å². The molecule has 0 atom stereocenters. The summed E-state index contributed by atoms with van der Waals surface area (Å²) >= 11 is 1.26. The molecule has 1 aliphatic heterocycles. The molecule has 0 radical (unpaired) electrons. The van der Waals surface area contributed by atoms with Crippen molar-refractivity contribution in [2.75, 3.05) is 47.9 Å². The van der Waals surface area contributed by atoms with Crippen molar-refractivity contribution in [3.8, 4) is 0 Å². The maximum absolute atomic E-state index is 12.7. The second-order valence-electron chi connectivity index (χ2n) is 7.53. The number of thioether (sulfide) groups is 1. The number of rotatable bonds is 6. The highest BCUT2D eigenvalue weighted by molar-refractivity contribution is 8.00. The van der Waals surface area contributed by atoms with Gasteiger partial charge in [-0.05, 0) is 43.2 Å². The number of halogens is 3. The van der Waals surface area contributed by atoms with Crippen LogP contribution in [0.1, 0.15) is 17.5 Å². The maximum atomic E-state index is 12.7. The summed E-state index contributed by atoms with van der Waals surface area (Å²) in [5, 5.41) is 2.81. The minimum atomic E-state index is -4.41. The highest BCUT2D eigenvalue weighted by Crippen LogP contribution is 2.29. The molecule has 0 unspecified atom stereocenters. The third kappa shape index (κ3) is 6.88. The van der Waals surface area contributed by atoms with Crippen molar-refractivity contribution < 1.29 is 22.8 Å². The predicted molar refractivity (Wildman–Crippen MR) is 120 cm³/mol. The van der Waals surface area contributed by atoms with Gasteiger partial charge >= 0.3 is 6.18 Å². The Morgan fingerprint density at radius 1 is 1.09 bits per heavy atom. The highest BCUT2D eigenvalue weighted by Gasteiger charge is 2.31. The molecule has 172 valence electrons. The van der Waals surface area contributed by atoms with E-state index in [1.54, 1.807) is 4.90 Å². The molecule has 1 aliphatic rings. The van der Waals surface area contributed by atoms with E-state index in [1.165, 1.54) is 17.8 Å². The average Bonchev–Trinajstić information content (AvgIpc) is 2.99. The van der Waals surface area contributed by atoms with Gasteiger partial charge in [-0.1, -0.05) is 12.1 Å². The van der Waals surface area contributed by atoms with Crippen LogP contribution >= 0.6 is 11.8 Å². The Morgan fingerprint density at radius 2 is 1.91 bits per heavy atom. The van der Waals surface area contributed by atoms with E-state index >= 15 is 0 Å². The molecule has 1 saturated heterocycles. The molecular formula is C22H25F3N4O2S. The van der Waals surface area contributed by atoms with Crippen molar-refractivity contribution in [2.45, 2.75) is 19.5 Å². The molecule has 2 heterocycles. The van der Waals surface area contributed by atoms with Gasteiger partial charge in [-0.2, -0.15) is 13.2 Å². The van der Waals surface area contributed by atoms with Crippen molar-refractivity contribution in [1.29, 1.82) is 0 Å². The minimum Gasteiger partial charge on any atom is -0.355 e. The number of carbonyl (C=O) groups excluding carboxylic acids is 2. The molecule has 6 nitrogen and oxygen atoms in total. The van der Waals surface area contributed by atoms with Gasteiger partial charge in [0.1, 0.15) is 5.82 Å². The van der Waals surface area contributed by atoms with Crippen LogP contribution in [0.2, 0.25) is 0 Å². The zero-order valence-corrected chi connectivity index (χ0v) is 18.5. The zero-order chi connectivity index (χ0) is 23.1. The van der Waals surface area contributed by atoms with E-state index < -0.39 is 11.7 Å². The van der Waals surface area contributed by atoms with Crippen molar-refractivity contribution in [1.82, 2.24) is 9.88 Å². The summed E-state index contributed by atoms with van der Waals surface area (Å²) in [7, 11) is 0. The molecule has 2 aromatic rings. The van der Waals surface area contributed by atoms with E-state index in [2.05, 4.69) is 10.3 Å². The minimum absolute atomic E-state index is 0.0550. The topological polar surface area (TPSA) is 65.5 Å². The molecule has 10 heteroatoms. The van der Waals surface area contributed by atoms with Gasteiger partial charge in [0.2, 0.25) is 11.8 Å². The number of nitrogens with one attached hydrogen (secondary N) is 1. The smallest absolute Gasteiger partial charge is 0.355 e. The Hall–Kier alpha value is -2.75. The summed E-state index contributed by atoms with van der Waals surface area (Å²) < 4.78 is 38.2. The monoisotopic (exact) mass is 466 g/mol. The van der Waals surface area contributed by atoms with Crippen LogP contribution in [0.4, 0.5) is 24.7 Å². The van der Waals surface area contributed by atoms with Crippen LogP contribution in [0.3, 0.4) is 0 Å². The van der Waals surface area contributed by atoms with E-state index in [1.807, 2.05) is 36.1 Å². The SMILES string of the molecule is Cc1cccc(NC(=O)CSCC(=O)N2CCCN(c3ccc(C(F)(F)F)cn3)CC2)c1. The number of hydrogen-bond acceptors (Lipinski definition) is 5. The fourth-order valence-electron chi connectivity index (χ4n) is 3.38. The third-order valence-corrected chi connectivity index (χ3v) is 5.93. The fraction of sp³-hybridized carbons (Fsp3) is 0.409. The van der Waals surface area contributed by atoms with Gasteiger partial charge in [0.25, 0.3) is 0 Å². The van der Waals surface area contributed by atoms with Crippen LogP contribution < -0.4 is 10.2 Å². The summed E-state index contributed by atoms with van der Waals surface area (Å²) in [5.41, 5.74) is 0.995. The van der Waals surface area contributed by atoms with Crippen LogP contribution in [0.5, 0.6) is 0 Å². The van der Waals surface area contributed by atoms with Crippen LogP contribution in [-0.2, 0) is 15.8 Å². The van der Waals surface area contributed by atoms with E-state index in [4.69, 9.17) is 0 Å². The number of aryl methyl sites for hydroxylation is 1. The van der Waals surface area contributed by atoms with E-state index in [9.17, 15) is 22.8 Å². The second kappa shape index (κ2) is 10.7. The average molecular weight is 467 g/mol. The Balaban J connectivity index is 1.43. The molecular weight excluding hydrogens is 441 g/mol. The molecule has 2 amide bonds. The molecule has 0 aliphatic carbocycles. The highest BCUT2D eigenvalue weighted by atomic mass is 32.2. The second-order valence-corrected chi connectivity index (χ2v) is 8.52. The number of amides is 2. The number of benzene rings is 1. The van der Waals surface area contributed by atoms with E-state index in [0.717, 1.165) is 23.5 Å². The van der Waals surface area contributed by atoms with Gasteiger partial charge in [0.05, 0.1) is 17.1 Å². The van der Waals surface area contributed by atoms with Crippen molar-refractivity contribution >= 4 is 35.1 Å². The molecule has 1 aromatic heterocycles. The summed E-state index contributed by atoms with van der Waals surface area (Å²) in [4.78, 5) is 32.2. The van der Waals surface area contributed by atoms with Gasteiger partial charge in [-0.15, -0.1) is 11.8 Å².